The predicted molar refractivity (Wildman–Crippen MR) is 88.3 cm³/mol. The smallest absolute Gasteiger partial charge is 0.291 e. The summed E-state index contributed by atoms with van der Waals surface area (Å²) in [5.41, 5.74) is 1.38. The molecule has 1 atom stereocenters. The van der Waals surface area contributed by atoms with Crippen LogP contribution in [0.3, 0.4) is 0 Å². The van der Waals surface area contributed by atoms with Crippen molar-refractivity contribution in [3.8, 4) is 5.69 Å². The fourth-order valence-corrected chi connectivity index (χ4v) is 2.41. The van der Waals surface area contributed by atoms with Gasteiger partial charge in [-0.1, -0.05) is 12.1 Å². The van der Waals surface area contributed by atoms with Gasteiger partial charge >= 0.3 is 0 Å². The Morgan fingerprint density at radius 3 is 2.20 bits per heavy atom. The molecule has 25 heavy (non-hydrogen) atoms. The number of rotatable bonds is 4. The molecular weight excluding hydrogens is 326 g/mol. The molecule has 0 saturated carbocycles. The van der Waals surface area contributed by atoms with E-state index in [0.717, 1.165) is 5.56 Å². The Morgan fingerprint density at radius 1 is 1.04 bits per heavy atom. The SMILES string of the molecule is Cc1nc(C(=O)N[C@@H](C)c2ccc(F)cc2)nn1-c1ccc(F)cc1. The summed E-state index contributed by atoms with van der Waals surface area (Å²) in [7, 11) is 0. The second kappa shape index (κ2) is 6.80. The van der Waals surface area contributed by atoms with Crippen molar-refractivity contribution in [2.45, 2.75) is 19.9 Å². The molecule has 128 valence electrons. The Balaban J connectivity index is 1.77. The van der Waals surface area contributed by atoms with Crippen LogP contribution in [0.1, 0.15) is 35.0 Å². The third kappa shape index (κ3) is 3.71. The van der Waals surface area contributed by atoms with E-state index in [0.29, 0.717) is 11.5 Å². The molecule has 1 amide bonds. The minimum absolute atomic E-state index is 0.00999. The molecule has 0 radical (unpaired) electrons. The fourth-order valence-electron chi connectivity index (χ4n) is 2.41. The van der Waals surface area contributed by atoms with Crippen molar-refractivity contribution in [3.63, 3.8) is 0 Å². The number of carbonyl (C=O) groups excluding carboxylic acids is 1. The summed E-state index contributed by atoms with van der Waals surface area (Å²) in [5, 5.41) is 6.95. The van der Waals surface area contributed by atoms with Gasteiger partial charge in [0.2, 0.25) is 5.82 Å². The molecule has 5 nitrogen and oxygen atoms in total. The predicted octanol–water partition coefficient (Wildman–Crippen LogP) is 3.34. The molecule has 0 aliphatic carbocycles. The summed E-state index contributed by atoms with van der Waals surface area (Å²) in [4.78, 5) is 16.5. The minimum atomic E-state index is -0.444. The second-order valence-corrected chi connectivity index (χ2v) is 5.62. The van der Waals surface area contributed by atoms with Crippen LogP contribution in [0.25, 0.3) is 5.69 Å². The highest BCUT2D eigenvalue weighted by molar-refractivity contribution is 5.90. The van der Waals surface area contributed by atoms with Crippen molar-refractivity contribution in [2.75, 3.05) is 0 Å². The molecule has 2 aromatic carbocycles. The first kappa shape index (κ1) is 16.8. The van der Waals surface area contributed by atoms with E-state index in [1.807, 2.05) is 0 Å². The number of amides is 1. The first-order valence-electron chi connectivity index (χ1n) is 7.70. The maximum atomic E-state index is 13.0. The first-order valence-corrected chi connectivity index (χ1v) is 7.70. The molecule has 7 heteroatoms. The molecule has 0 aliphatic heterocycles. The summed E-state index contributed by atoms with van der Waals surface area (Å²) < 4.78 is 27.5. The van der Waals surface area contributed by atoms with Gasteiger partial charge in [-0.15, -0.1) is 5.10 Å². The van der Waals surface area contributed by atoms with E-state index in [1.165, 1.54) is 28.9 Å². The first-order chi connectivity index (χ1) is 11.9. The average Bonchev–Trinajstić information content (AvgIpc) is 2.98. The van der Waals surface area contributed by atoms with E-state index in [-0.39, 0.29) is 23.5 Å². The minimum Gasteiger partial charge on any atom is -0.343 e. The zero-order valence-corrected chi connectivity index (χ0v) is 13.7. The Labute approximate surface area is 143 Å². The van der Waals surface area contributed by atoms with E-state index < -0.39 is 5.91 Å². The van der Waals surface area contributed by atoms with Crippen LogP contribution < -0.4 is 5.32 Å². The number of aryl methyl sites for hydroxylation is 1. The summed E-state index contributed by atoms with van der Waals surface area (Å²) in [6, 6.07) is 11.3. The number of carbonyl (C=O) groups is 1. The van der Waals surface area contributed by atoms with Crippen molar-refractivity contribution < 1.29 is 13.6 Å². The normalized spacial score (nSPS) is 12.0. The standard InChI is InChI=1S/C18H16F2N4O/c1-11(13-3-5-14(19)6-4-13)21-18(25)17-22-12(2)24(23-17)16-9-7-15(20)8-10-16/h3-11H,1-2H3,(H,21,25)/t11-/m0/s1. The lowest BCUT2D eigenvalue weighted by Crippen LogP contribution is -2.27. The molecular formula is C18H16F2N4O. The van der Waals surface area contributed by atoms with Crippen molar-refractivity contribution in [1.29, 1.82) is 0 Å². The number of aromatic nitrogens is 3. The van der Waals surface area contributed by atoms with Crippen LogP contribution >= 0.6 is 0 Å². The molecule has 1 N–H and O–H groups in total. The zero-order chi connectivity index (χ0) is 18.0. The van der Waals surface area contributed by atoms with Crippen molar-refractivity contribution >= 4 is 5.91 Å². The van der Waals surface area contributed by atoms with Gasteiger partial charge in [0.15, 0.2) is 0 Å². The van der Waals surface area contributed by atoms with E-state index >= 15 is 0 Å². The lowest BCUT2D eigenvalue weighted by Gasteiger charge is -2.12. The second-order valence-electron chi connectivity index (χ2n) is 5.62. The molecule has 0 fully saturated rings. The molecule has 0 spiro atoms. The number of nitrogens with zero attached hydrogens (tertiary/aromatic N) is 3. The highest BCUT2D eigenvalue weighted by Gasteiger charge is 2.18. The summed E-state index contributed by atoms with van der Waals surface area (Å²) >= 11 is 0. The van der Waals surface area contributed by atoms with Gasteiger partial charge in [-0.25, -0.2) is 18.4 Å². The van der Waals surface area contributed by atoms with Crippen molar-refractivity contribution in [3.05, 3.63) is 77.4 Å². The topological polar surface area (TPSA) is 59.8 Å². The number of halogens is 2. The van der Waals surface area contributed by atoms with Crippen LogP contribution in [0, 0.1) is 18.6 Å². The van der Waals surface area contributed by atoms with Crippen LogP contribution in [0.2, 0.25) is 0 Å². The molecule has 0 saturated heterocycles. The number of hydrogen-bond acceptors (Lipinski definition) is 3. The molecule has 1 aromatic heterocycles. The Kier molecular flexibility index (Phi) is 4.56. The van der Waals surface area contributed by atoms with Gasteiger partial charge < -0.3 is 5.32 Å². The van der Waals surface area contributed by atoms with E-state index in [9.17, 15) is 13.6 Å². The number of benzene rings is 2. The van der Waals surface area contributed by atoms with Crippen LogP contribution in [0.5, 0.6) is 0 Å². The highest BCUT2D eigenvalue weighted by Crippen LogP contribution is 2.14. The van der Waals surface area contributed by atoms with Gasteiger partial charge in [-0.3, -0.25) is 4.79 Å². The zero-order valence-electron chi connectivity index (χ0n) is 13.7. The molecule has 0 unspecified atom stereocenters. The third-order valence-corrected chi connectivity index (χ3v) is 3.76. The van der Waals surface area contributed by atoms with E-state index in [1.54, 1.807) is 38.1 Å². The Bertz CT molecular complexity index is 888. The highest BCUT2D eigenvalue weighted by atomic mass is 19.1. The van der Waals surface area contributed by atoms with E-state index in [2.05, 4.69) is 15.4 Å². The summed E-state index contributed by atoms with van der Waals surface area (Å²) in [5.74, 6) is -0.618. The Morgan fingerprint density at radius 2 is 1.60 bits per heavy atom. The Hall–Kier alpha value is -3.09. The van der Waals surface area contributed by atoms with Crippen LogP contribution in [-0.2, 0) is 0 Å². The quantitative estimate of drug-likeness (QED) is 0.791. The fraction of sp³-hybridized carbons (Fsp3) is 0.167. The van der Waals surface area contributed by atoms with Gasteiger partial charge in [0, 0.05) is 0 Å². The molecule has 3 rings (SSSR count). The van der Waals surface area contributed by atoms with Crippen LogP contribution in [-0.4, -0.2) is 20.7 Å². The monoisotopic (exact) mass is 342 g/mol. The van der Waals surface area contributed by atoms with Gasteiger partial charge in [0.25, 0.3) is 5.91 Å². The third-order valence-electron chi connectivity index (χ3n) is 3.76. The summed E-state index contributed by atoms with van der Waals surface area (Å²) in [6.45, 7) is 3.49. The largest absolute Gasteiger partial charge is 0.343 e. The van der Waals surface area contributed by atoms with Crippen LogP contribution in [0.4, 0.5) is 8.78 Å². The van der Waals surface area contributed by atoms with Gasteiger partial charge in [0.1, 0.15) is 17.5 Å². The maximum Gasteiger partial charge on any atom is 0.291 e. The average molecular weight is 342 g/mol. The van der Waals surface area contributed by atoms with Gasteiger partial charge in [-0.2, -0.15) is 0 Å². The van der Waals surface area contributed by atoms with Crippen molar-refractivity contribution in [2.24, 2.45) is 0 Å². The van der Waals surface area contributed by atoms with Gasteiger partial charge in [0.05, 0.1) is 11.7 Å². The maximum absolute atomic E-state index is 13.0. The molecule has 0 bridgehead atoms. The number of nitrogens with one attached hydrogen (secondary N) is 1. The van der Waals surface area contributed by atoms with Crippen LogP contribution in [0.15, 0.2) is 48.5 Å². The van der Waals surface area contributed by atoms with E-state index in [4.69, 9.17) is 0 Å². The summed E-state index contributed by atoms with van der Waals surface area (Å²) in [6.07, 6.45) is 0. The number of hydrogen-bond donors (Lipinski definition) is 1. The lowest BCUT2D eigenvalue weighted by molar-refractivity contribution is 0.0929. The molecule has 0 aliphatic rings. The van der Waals surface area contributed by atoms with Crippen molar-refractivity contribution in [1.82, 2.24) is 20.1 Å². The lowest BCUT2D eigenvalue weighted by atomic mass is 10.1. The molecule has 3 aromatic rings. The molecule has 1 heterocycles. The van der Waals surface area contributed by atoms with Gasteiger partial charge in [-0.05, 0) is 55.8 Å².